The van der Waals surface area contributed by atoms with Crippen LogP contribution in [0.2, 0.25) is 0 Å². The SMILES string of the molecule is COc1ccc(CN(C)CCC(N)=S)cc1Br. The van der Waals surface area contributed by atoms with Gasteiger partial charge in [0.15, 0.2) is 0 Å². The van der Waals surface area contributed by atoms with Crippen LogP contribution in [0.15, 0.2) is 22.7 Å². The minimum absolute atomic E-state index is 0.563. The number of nitrogens with two attached hydrogens (primary N) is 1. The summed E-state index contributed by atoms with van der Waals surface area (Å²) in [4.78, 5) is 2.75. The highest BCUT2D eigenvalue weighted by Crippen LogP contribution is 2.25. The van der Waals surface area contributed by atoms with Crippen molar-refractivity contribution in [3.63, 3.8) is 0 Å². The number of hydrogen-bond acceptors (Lipinski definition) is 3. The normalized spacial score (nSPS) is 10.6. The first kappa shape index (κ1) is 14.4. The number of nitrogens with zero attached hydrogens (tertiary/aromatic N) is 1. The Bertz CT molecular complexity index is 398. The highest BCUT2D eigenvalue weighted by molar-refractivity contribution is 9.10. The number of benzene rings is 1. The van der Waals surface area contributed by atoms with E-state index in [0.717, 1.165) is 29.7 Å². The molecule has 1 aromatic rings. The number of ether oxygens (including phenoxy) is 1. The molecule has 3 nitrogen and oxygen atoms in total. The number of rotatable bonds is 6. The van der Waals surface area contributed by atoms with Crippen molar-refractivity contribution in [1.29, 1.82) is 0 Å². The van der Waals surface area contributed by atoms with Crippen LogP contribution in [0.25, 0.3) is 0 Å². The van der Waals surface area contributed by atoms with Gasteiger partial charge in [0, 0.05) is 19.5 Å². The molecule has 0 amide bonds. The molecule has 0 aliphatic rings. The fraction of sp³-hybridized carbons (Fsp3) is 0.417. The number of methoxy groups -OCH3 is 1. The fourth-order valence-corrected chi connectivity index (χ4v) is 2.18. The largest absolute Gasteiger partial charge is 0.496 e. The third-order valence-electron chi connectivity index (χ3n) is 2.41. The molecule has 0 saturated heterocycles. The van der Waals surface area contributed by atoms with Gasteiger partial charge >= 0.3 is 0 Å². The van der Waals surface area contributed by atoms with E-state index in [0.29, 0.717) is 4.99 Å². The lowest BCUT2D eigenvalue weighted by Crippen LogP contribution is -2.23. The summed E-state index contributed by atoms with van der Waals surface area (Å²) in [5, 5.41) is 0. The molecule has 0 spiro atoms. The summed E-state index contributed by atoms with van der Waals surface area (Å²) in [7, 11) is 3.71. The average Bonchev–Trinajstić information content (AvgIpc) is 2.26. The van der Waals surface area contributed by atoms with E-state index in [1.54, 1.807) is 7.11 Å². The van der Waals surface area contributed by atoms with Crippen LogP contribution in [-0.4, -0.2) is 30.6 Å². The van der Waals surface area contributed by atoms with E-state index in [-0.39, 0.29) is 0 Å². The van der Waals surface area contributed by atoms with E-state index in [2.05, 4.69) is 40.0 Å². The zero-order valence-corrected chi connectivity index (χ0v) is 12.5. The van der Waals surface area contributed by atoms with Crippen LogP contribution in [0.3, 0.4) is 0 Å². The summed E-state index contributed by atoms with van der Waals surface area (Å²) >= 11 is 8.33. The smallest absolute Gasteiger partial charge is 0.133 e. The van der Waals surface area contributed by atoms with E-state index < -0.39 is 0 Å². The first-order valence-corrected chi connectivity index (χ1v) is 6.52. The second-order valence-corrected chi connectivity index (χ2v) is 5.30. The molecule has 0 aliphatic carbocycles. The van der Waals surface area contributed by atoms with Gasteiger partial charge in [0.05, 0.1) is 16.6 Å². The van der Waals surface area contributed by atoms with Crippen LogP contribution in [0, 0.1) is 0 Å². The van der Waals surface area contributed by atoms with Gasteiger partial charge in [-0.2, -0.15) is 0 Å². The average molecular weight is 317 g/mol. The zero-order chi connectivity index (χ0) is 12.8. The number of thiocarbonyl (C=S) groups is 1. The maximum atomic E-state index is 5.48. The van der Waals surface area contributed by atoms with Gasteiger partial charge in [-0.1, -0.05) is 18.3 Å². The van der Waals surface area contributed by atoms with E-state index >= 15 is 0 Å². The molecule has 0 atom stereocenters. The molecule has 0 heterocycles. The van der Waals surface area contributed by atoms with Crippen LogP contribution in [-0.2, 0) is 6.54 Å². The summed E-state index contributed by atoms with van der Waals surface area (Å²) in [5.41, 5.74) is 6.70. The summed E-state index contributed by atoms with van der Waals surface area (Å²) < 4.78 is 6.16. The molecule has 0 unspecified atom stereocenters. The molecule has 0 aliphatic heterocycles. The van der Waals surface area contributed by atoms with Crippen molar-refractivity contribution < 1.29 is 4.74 Å². The molecule has 0 bridgehead atoms. The lowest BCUT2D eigenvalue weighted by atomic mass is 10.2. The Labute approximate surface area is 116 Å². The highest BCUT2D eigenvalue weighted by atomic mass is 79.9. The molecule has 0 fully saturated rings. The van der Waals surface area contributed by atoms with E-state index in [1.165, 1.54) is 5.56 Å². The van der Waals surface area contributed by atoms with Gasteiger partial charge in [0.25, 0.3) is 0 Å². The standard InChI is InChI=1S/C12H17BrN2OS/c1-15(6-5-12(14)17)8-9-3-4-11(16-2)10(13)7-9/h3-4,7H,5-6,8H2,1-2H3,(H2,14,17). The van der Waals surface area contributed by atoms with Crippen LogP contribution in [0.1, 0.15) is 12.0 Å². The summed E-state index contributed by atoms with van der Waals surface area (Å²) in [6, 6.07) is 6.08. The third-order valence-corrected chi connectivity index (χ3v) is 3.23. The Morgan fingerprint density at radius 1 is 1.53 bits per heavy atom. The predicted molar refractivity (Wildman–Crippen MR) is 78.4 cm³/mol. The molecule has 0 saturated carbocycles. The number of halogens is 1. The molecule has 94 valence electrons. The topological polar surface area (TPSA) is 38.5 Å². The quantitative estimate of drug-likeness (QED) is 0.819. The van der Waals surface area contributed by atoms with Gasteiger partial charge < -0.3 is 15.4 Å². The van der Waals surface area contributed by atoms with Crippen LogP contribution < -0.4 is 10.5 Å². The Morgan fingerprint density at radius 3 is 2.76 bits per heavy atom. The monoisotopic (exact) mass is 316 g/mol. The maximum absolute atomic E-state index is 5.48. The first-order valence-electron chi connectivity index (χ1n) is 5.32. The Morgan fingerprint density at radius 2 is 2.24 bits per heavy atom. The minimum Gasteiger partial charge on any atom is -0.496 e. The van der Waals surface area contributed by atoms with Gasteiger partial charge in [-0.15, -0.1) is 0 Å². The molecule has 17 heavy (non-hydrogen) atoms. The van der Waals surface area contributed by atoms with Crippen LogP contribution >= 0.6 is 28.1 Å². The first-order chi connectivity index (χ1) is 8.02. The summed E-state index contributed by atoms with van der Waals surface area (Å²) in [6.07, 6.45) is 0.753. The molecule has 5 heteroatoms. The van der Waals surface area contributed by atoms with Crippen molar-refractivity contribution >= 4 is 33.1 Å². The Hall–Kier alpha value is -0.650. The van der Waals surface area contributed by atoms with E-state index in [4.69, 9.17) is 22.7 Å². The molecule has 1 aromatic carbocycles. The van der Waals surface area contributed by atoms with Crippen LogP contribution in [0.4, 0.5) is 0 Å². The van der Waals surface area contributed by atoms with Crippen molar-refractivity contribution in [2.45, 2.75) is 13.0 Å². The second-order valence-electron chi connectivity index (χ2n) is 3.92. The van der Waals surface area contributed by atoms with Gasteiger partial charge in [0.2, 0.25) is 0 Å². The number of hydrogen-bond donors (Lipinski definition) is 1. The predicted octanol–water partition coefficient (Wildman–Crippen LogP) is 2.57. The molecule has 0 aromatic heterocycles. The summed E-state index contributed by atoms with van der Waals surface area (Å²) in [5.74, 6) is 0.847. The van der Waals surface area contributed by atoms with Gasteiger partial charge in [-0.05, 0) is 40.7 Å². The highest BCUT2D eigenvalue weighted by Gasteiger charge is 2.04. The van der Waals surface area contributed by atoms with Gasteiger partial charge in [0.1, 0.15) is 5.75 Å². The van der Waals surface area contributed by atoms with Gasteiger partial charge in [-0.25, -0.2) is 0 Å². The molecular weight excluding hydrogens is 300 g/mol. The maximum Gasteiger partial charge on any atom is 0.133 e. The third kappa shape index (κ3) is 5.02. The molecule has 0 radical (unpaired) electrons. The molecule has 1 rings (SSSR count). The molecular formula is C12H17BrN2OS. The Kier molecular flexibility index (Phi) is 5.88. The van der Waals surface area contributed by atoms with E-state index in [9.17, 15) is 0 Å². The minimum atomic E-state index is 0.563. The summed E-state index contributed by atoms with van der Waals surface area (Å²) in [6.45, 7) is 1.74. The van der Waals surface area contributed by atoms with Crippen LogP contribution in [0.5, 0.6) is 5.75 Å². The lowest BCUT2D eigenvalue weighted by molar-refractivity contribution is 0.337. The second kappa shape index (κ2) is 6.93. The van der Waals surface area contributed by atoms with Crippen molar-refractivity contribution in [3.8, 4) is 5.75 Å². The van der Waals surface area contributed by atoms with Gasteiger partial charge in [-0.3, -0.25) is 0 Å². The van der Waals surface area contributed by atoms with Crippen molar-refractivity contribution in [3.05, 3.63) is 28.2 Å². The zero-order valence-electron chi connectivity index (χ0n) is 10.1. The van der Waals surface area contributed by atoms with E-state index in [1.807, 2.05) is 6.07 Å². The lowest BCUT2D eigenvalue weighted by Gasteiger charge is -2.16. The van der Waals surface area contributed by atoms with Crippen molar-refractivity contribution in [1.82, 2.24) is 4.90 Å². The van der Waals surface area contributed by atoms with Crippen molar-refractivity contribution in [2.75, 3.05) is 20.7 Å². The Balaban J connectivity index is 2.56. The fourth-order valence-electron chi connectivity index (χ4n) is 1.50. The van der Waals surface area contributed by atoms with Crippen molar-refractivity contribution in [2.24, 2.45) is 5.73 Å². The molecule has 2 N–H and O–H groups in total.